The zero-order valence-electron chi connectivity index (χ0n) is 21.9. The Hall–Kier alpha value is -3.31. The summed E-state index contributed by atoms with van der Waals surface area (Å²) in [6, 6.07) is -0.100. The third-order valence-electron chi connectivity index (χ3n) is 7.21. The van der Waals surface area contributed by atoms with E-state index in [1.807, 2.05) is 0 Å². The molecule has 12 heteroatoms. The number of rotatable bonds is 5. The molecule has 0 bridgehead atoms. The summed E-state index contributed by atoms with van der Waals surface area (Å²) in [5, 5.41) is 8.82. The molecule has 2 aliphatic rings. The van der Waals surface area contributed by atoms with Gasteiger partial charge in [0.05, 0.1) is 16.6 Å². The van der Waals surface area contributed by atoms with Crippen molar-refractivity contribution in [3.63, 3.8) is 0 Å². The quantitative estimate of drug-likeness (QED) is 0.519. The van der Waals surface area contributed by atoms with Gasteiger partial charge in [0, 0.05) is 38.4 Å². The van der Waals surface area contributed by atoms with Crippen LogP contribution in [0.5, 0.6) is 0 Å². The lowest BCUT2D eigenvalue weighted by Gasteiger charge is -2.32. The van der Waals surface area contributed by atoms with Crippen LogP contribution in [-0.2, 0) is 10.9 Å². The first kappa shape index (κ1) is 27.7. The van der Waals surface area contributed by atoms with E-state index in [9.17, 15) is 32.7 Å². The maximum absolute atomic E-state index is 15.5. The van der Waals surface area contributed by atoms with Crippen molar-refractivity contribution in [1.29, 1.82) is 0 Å². The molecule has 1 aliphatic carbocycles. The van der Waals surface area contributed by atoms with E-state index >= 15 is 4.39 Å². The molecule has 0 unspecified atom stereocenters. The first-order valence-corrected chi connectivity index (χ1v) is 12.4. The monoisotopic (exact) mass is 541 g/mol. The van der Waals surface area contributed by atoms with Gasteiger partial charge in [-0.25, -0.2) is 14.0 Å². The first-order chi connectivity index (χ1) is 17.5. The van der Waals surface area contributed by atoms with Gasteiger partial charge >= 0.3 is 18.2 Å². The zero-order chi connectivity index (χ0) is 28.3. The van der Waals surface area contributed by atoms with E-state index in [-0.39, 0.29) is 19.0 Å². The standard InChI is InChI=1S/C26H31F4N3O5/c1-13(31(5)24(37)38-25(2,3)4)14-8-9-32(11-14)21-18(27)10-16-20(19(21)26(28,29)30)33(15-6-7-15)12-17(22(16)34)23(35)36/h10,12-15H,6-9,11H2,1-5H3,(H,35,36)/t13-,14-/m0/s1. The molecule has 208 valence electrons. The SMILES string of the molecule is C[C@@H]([C@H]1CCN(c2c(F)cc3c(=O)c(C(=O)O)cn(C4CC4)c3c2C(F)(F)F)C1)N(C)C(=O)OC(C)(C)C. The molecule has 0 spiro atoms. The van der Waals surface area contributed by atoms with E-state index in [2.05, 4.69) is 0 Å². The van der Waals surface area contributed by atoms with Crippen LogP contribution >= 0.6 is 0 Å². The number of hydrogen-bond acceptors (Lipinski definition) is 5. The molecule has 0 radical (unpaired) electrons. The van der Waals surface area contributed by atoms with E-state index in [1.165, 1.54) is 14.4 Å². The highest BCUT2D eigenvalue weighted by molar-refractivity contribution is 5.95. The minimum Gasteiger partial charge on any atom is -0.477 e. The Kier molecular flexibility index (Phi) is 6.90. The number of ether oxygens (including phenoxy) is 1. The maximum Gasteiger partial charge on any atom is 0.420 e. The van der Waals surface area contributed by atoms with Gasteiger partial charge in [-0.1, -0.05) is 0 Å². The zero-order valence-corrected chi connectivity index (χ0v) is 21.9. The third kappa shape index (κ3) is 5.17. The molecule has 1 saturated carbocycles. The summed E-state index contributed by atoms with van der Waals surface area (Å²) in [6.07, 6.45) is -3.23. The number of carboxylic acid groups (broad SMARTS) is 1. The number of hydrogen-bond donors (Lipinski definition) is 1. The molecule has 1 aromatic heterocycles. The van der Waals surface area contributed by atoms with Gasteiger partial charge in [-0.3, -0.25) is 4.79 Å². The maximum atomic E-state index is 15.5. The second kappa shape index (κ2) is 9.46. The lowest BCUT2D eigenvalue weighted by atomic mass is 9.99. The molecule has 2 heterocycles. The lowest BCUT2D eigenvalue weighted by molar-refractivity contribution is -0.136. The Labute approximate surface area is 216 Å². The number of carbonyl (C=O) groups is 2. The van der Waals surface area contributed by atoms with Crippen LogP contribution < -0.4 is 10.3 Å². The van der Waals surface area contributed by atoms with Gasteiger partial charge in [0.2, 0.25) is 5.43 Å². The van der Waals surface area contributed by atoms with Gasteiger partial charge in [0.15, 0.2) is 0 Å². The molecule has 38 heavy (non-hydrogen) atoms. The average Bonchev–Trinajstić information content (AvgIpc) is 3.52. The van der Waals surface area contributed by atoms with Crippen molar-refractivity contribution in [2.24, 2.45) is 5.92 Å². The number of aromatic carboxylic acids is 1. The van der Waals surface area contributed by atoms with Gasteiger partial charge in [0.25, 0.3) is 0 Å². The molecule has 2 aromatic rings. The fourth-order valence-electron chi connectivity index (χ4n) is 5.05. The topological polar surface area (TPSA) is 92.1 Å². The van der Waals surface area contributed by atoms with Crippen LogP contribution in [0.2, 0.25) is 0 Å². The molecule has 4 rings (SSSR count). The van der Waals surface area contributed by atoms with E-state index < -0.39 is 74.9 Å². The Balaban J connectivity index is 1.79. The van der Waals surface area contributed by atoms with Crippen LogP contribution in [0.3, 0.4) is 0 Å². The molecule has 1 aromatic carbocycles. The average molecular weight is 542 g/mol. The van der Waals surface area contributed by atoms with Crippen molar-refractivity contribution in [3.05, 3.63) is 39.4 Å². The summed E-state index contributed by atoms with van der Waals surface area (Å²) in [6.45, 7) is 7.08. The lowest BCUT2D eigenvalue weighted by Crippen LogP contribution is -2.43. The molecule has 1 aliphatic heterocycles. The van der Waals surface area contributed by atoms with Crippen molar-refractivity contribution >= 4 is 28.7 Å². The second-order valence-corrected chi connectivity index (χ2v) is 11.1. The van der Waals surface area contributed by atoms with Gasteiger partial charge in [-0.05, 0) is 58.9 Å². The molecule has 8 nitrogen and oxygen atoms in total. The summed E-state index contributed by atoms with van der Waals surface area (Å²) in [7, 11) is 1.55. The molecule has 1 amide bonds. The Morgan fingerprint density at radius 2 is 1.82 bits per heavy atom. The number of carbonyl (C=O) groups excluding carboxylic acids is 1. The Morgan fingerprint density at radius 3 is 2.34 bits per heavy atom. The number of benzene rings is 1. The van der Waals surface area contributed by atoms with Crippen molar-refractivity contribution in [2.75, 3.05) is 25.0 Å². The van der Waals surface area contributed by atoms with Gasteiger partial charge < -0.3 is 24.2 Å². The number of pyridine rings is 1. The van der Waals surface area contributed by atoms with E-state index in [1.54, 1.807) is 34.7 Å². The van der Waals surface area contributed by atoms with Crippen LogP contribution in [0.4, 0.5) is 28.0 Å². The van der Waals surface area contributed by atoms with E-state index in [4.69, 9.17) is 4.74 Å². The fourth-order valence-corrected chi connectivity index (χ4v) is 5.05. The van der Waals surface area contributed by atoms with Crippen molar-refractivity contribution < 1.29 is 37.0 Å². The van der Waals surface area contributed by atoms with E-state index in [0.717, 1.165) is 12.3 Å². The summed E-state index contributed by atoms with van der Waals surface area (Å²) >= 11 is 0. The smallest absolute Gasteiger partial charge is 0.420 e. The molecule has 1 N–H and O–H groups in total. The summed E-state index contributed by atoms with van der Waals surface area (Å²) < 4.78 is 65.9. The summed E-state index contributed by atoms with van der Waals surface area (Å²) in [4.78, 5) is 39.6. The van der Waals surface area contributed by atoms with Crippen LogP contribution in [0.1, 0.15) is 68.9 Å². The van der Waals surface area contributed by atoms with Gasteiger partial charge in [0.1, 0.15) is 22.5 Å². The number of alkyl halides is 3. The van der Waals surface area contributed by atoms with Crippen LogP contribution in [-0.4, -0.2) is 58.4 Å². The largest absolute Gasteiger partial charge is 0.477 e. The van der Waals surface area contributed by atoms with E-state index in [0.29, 0.717) is 19.3 Å². The molecule has 2 atom stereocenters. The predicted molar refractivity (Wildman–Crippen MR) is 132 cm³/mol. The highest BCUT2D eigenvalue weighted by Gasteiger charge is 2.44. The first-order valence-electron chi connectivity index (χ1n) is 12.4. The number of anilines is 1. The van der Waals surface area contributed by atoms with Crippen LogP contribution in [0.15, 0.2) is 17.1 Å². The number of amides is 1. The highest BCUT2D eigenvalue weighted by Crippen LogP contribution is 2.47. The van der Waals surface area contributed by atoms with Crippen LogP contribution in [0, 0.1) is 11.7 Å². The third-order valence-corrected chi connectivity index (χ3v) is 7.21. The number of fused-ring (bicyclic) bond motifs is 1. The number of halogens is 4. The van der Waals surface area contributed by atoms with Crippen molar-refractivity contribution in [3.8, 4) is 0 Å². The normalized spacial score (nSPS) is 19.1. The predicted octanol–water partition coefficient (Wildman–Crippen LogP) is 5.27. The number of aromatic nitrogens is 1. The fraction of sp³-hybridized carbons (Fsp3) is 0.577. The van der Waals surface area contributed by atoms with Crippen molar-refractivity contribution in [1.82, 2.24) is 9.47 Å². The highest BCUT2D eigenvalue weighted by atomic mass is 19.4. The minimum absolute atomic E-state index is 0.0423. The molecule has 1 saturated heterocycles. The molecule has 2 fully saturated rings. The summed E-state index contributed by atoms with van der Waals surface area (Å²) in [5.74, 6) is -3.11. The number of nitrogens with zero attached hydrogens (tertiary/aromatic N) is 3. The van der Waals surface area contributed by atoms with Crippen LogP contribution in [0.25, 0.3) is 10.9 Å². The van der Waals surface area contributed by atoms with Crippen molar-refractivity contribution in [2.45, 2.75) is 70.8 Å². The Bertz CT molecular complexity index is 1340. The molecular weight excluding hydrogens is 510 g/mol. The van der Waals surface area contributed by atoms with Gasteiger partial charge in [-0.15, -0.1) is 0 Å². The Morgan fingerprint density at radius 1 is 1.18 bits per heavy atom. The van der Waals surface area contributed by atoms with Gasteiger partial charge in [-0.2, -0.15) is 13.2 Å². The number of carboxylic acids is 1. The minimum atomic E-state index is -5.03. The molecular formula is C26H31F4N3O5. The summed E-state index contributed by atoms with van der Waals surface area (Å²) in [5.41, 5.74) is -5.05. The second-order valence-electron chi connectivity index (χ2n) is 11.1.